The molecule has 1 aliphatic heterocycles. The molecule has 0 aromatic rings. The Balaban J connectivity index is 2.06. The molecule has 1 rings (SSSR count). The molecule has 0 amide bonds. The van der Waals surface area contributed by atoms with Gasteiger partial charge in [-0.3, -0.25) is 13.9 Å². The van der Waals surface area contributed by atoms with Gasteiger partial charge < -0.3 is 4.55 Å². The predicted octanol–water partition coefficient (Wildman–Crippen LogP) is -0.634. The number of rotatable bonds is 6. The highest BCUT2D eigenvalue weighted by Crippen LogP contribution is 2.01. The van der Waals surface area contributed by atoms with Crippen molar-refractivity contribution in [2.45, 2.75) is 6.92 Å². The van der Waals surface area contributed by atoms with Gasteiger partial charge in [0.25, 0.3) is 0 Å². The highest BCUT2D eigenvalue weighted by molar-refractivity contribution is 7.74. The summed E-state index contributed by atoms with van der Waals surface area (Å²) in [6.07, 6.45) is 0. The smallest absolute Gasteiger partial charge is 0.0842 e. The summed E-state index contributed by atoms with van der Waals surface area (Å²) in [7, 11) is 0. The van der Waals surface area contributed by atoms with Crippen LogP contribution in [0, 0.1) is 0 Å². The van der Waals surface area contributed by atoms with E-state index < -0.39 is 11.4 Å². The van der Waals surface area contributed by atoms with Gasteiger partial charge in [-0.2, -0.15) is 5.06 Å². The van der Waals surface area contributed by atoms with Crippen LogP contribution in [0.4, 0.5) is 0 Å². The molecular formula is C8H17N2O4S-. The average molecular weight is 237 g/mol. The number of hydrogen-bond donors (Lipinski definition) is 0. The normalized spacial score (nSPS) is 21.7. The topological polar surface area (TPSA) is 65.1 Å². The molecule has 90 valence electrons. The van der Waals surface area contributed by atoms with E-state index >= 15 is 0 Å². The third kappa shape index (κ3) is 5.55. The van der Waals surface area contributed by atoms with E-state index in [2.05, 4.69) is 9.08 Å². The Hall–Kier alpha value is -0.0500. The first-order valence-electron chi connectivity index (χ1n) is 5.05. The van der Waals surface area contributed by atoms with Gasteiger partial charge in [-0.25, -0.2) is 4.21 Å². The zero-order chi connectivity index (χ0) is 11.1. The molecule has 0 spiro atoms. The van der Waals surface area contributed by atoms with Crippen molar-refractivity contribution in [3.8, 4) is 0 Å². The van der Waals surface area contributed by atoms with Gasteiger partial charge in [-0.15, -0.1) is 0 Å². The van der Waals surface area contributed by atoms with Crippen LogP contribution in [0.25, 0.3) is 0 Å². The SMILES string of the molecule is CCON1CCN(CCOS(=O)[O-])CC1. The lowest BCUT2D eigenvalue weighted by Gasteiger charge is -2.33. The van der Waals surface area contributed by atoms with Crippen LogP contribution >= 0.6 is 0 Å². The third-order valence-corrected chi connectivity index (χ3v) is 2.59. The van der Waals surface area contributed by atoms with Crippen LogP contribution in [-0.4, -0.2) is 64.7 Å². The first-order chi connectivity index (χ1) is 7.22. The molecular weight excluding hydrogens is 220 g/mol. The lowest BCUT2D eigenvalue weighted by atomic mass is 10.3. The molecule has 1 atom stereocenters. The van der Waals surface area contributed by atoms with Crippen LogP contribution < -0.4 is 0 Å². The van der Waals surface area contributed by atoms with Gasteiger partial charge in [0.2, 0.25) is 0 Å². The van der Waals surface area contributed by atoms with Gasteiger partial charge in [-0.05, 0) is 6.92 Å². The summed E-state index contributed by atoms with van der Waals surface area (Å²) in [6.45, 7) is 7.01. The molecule has 0 aromatic heterocycles. The Bertz CT molecular complexity index is 197. The summed E-state index contributed by atoms with van der Waals surface area (Å²) in [6, 6.07) is 0. The van der Waals surface area contributed by atoms with Crippen LogP contribution in [-0.2, 0) is 20.4 Å². The van der Waals surface area contributed by atoms with E-state index in [0.29, 0.717) is 13.2 Å². The Morgan fingerprint density at radius 3 is 2.53 bits per heavy atom. The molecule has 0 radical (unpaired) electrons. The van der Waals surface area contributed by atoms with E-state index in [4.69, 9.17) is 4.84 Å². The van der Waals surface area contributed by atoms with Gasteiger partial charge in [0, 0.05) is 32.7 Å². The largest absolute Gasteiger partial charge is 0.750 e. The molecule has 0 saturated carbocycles. The first-order valence-corrected chi connectivity index (χ1v) is 6.05. The zero-order valence-corrected chi connectivity index (χ0v) is 9.70. The van der Waals surface area contributed by atoms with Crippen molar-refractivity contribution in [3.05, 3.63) is 0 Å². The summed E-state index contributed by atoms with van der Waals surface area (Å²) < 4.78 is 24.7. The minimum Gasteiger partial charge on any atom is -0.750 e. The third-order valence-electron chi connectivity index (χ3n) is 2.23. The second-order valence-corrected chi connectivity index (χ2v) is 3.86. The monoisotopic (exact) mass is 237 g/mol. The molecule has 6 nitrogen and oxygen atoms in total. The molecule has 1 unspecified atom stereocenters. The molecule has 1 saturated heterocycles. The first kappa shape index (κ1) is 13.0. The van der Waals surface area contributed by atoms with E-state index in [1.807, 2.05) is 12.0 Å². The molecule has 15 heavy (non-hydrogen) atoms. The maximum atomic E-state index is 10.1. The van der Waals surface area contributed by atoms with Crippen LogP contribution in [0.15, 0.2) is 0 Å². The lowest BCUT2D eigenvalue weighted by molar-refractivity contribution is -0.172. The lowest BCUT2D eigenvalue weighted by Crippen LogP contribution is -2.47. The number of nitrogens with zero attached hydrogens (tertiary/aromatic N) is 2. The summed E-state index contributed by atoms with van der Waals surface area (Å²) >= 11 is -2.39. The van der Waals surface area contributed by atoms with E-state index in [1.54, 1.807) is 0 Å². The summed E-state index contributed by atoms with van der Waals surface area (Å²) in [4.78, 5) is 7.51. The maximum Gasteiger partial charge on any atom is 0.0842 e. The van der Waals surface area contributed by atoms with Crippen molar-refractivity contribution in [1.82, 2.24) is 9.96 Å². The Labute approximate surface area is 92.6 Å². The molecule has 0 aliphatic carbocycles. The van der Waals surface area contributed by atoms with Crippen LogP contribution in [0.3, 0.4) is 0 Å². The van der Waals surface area contributed by atoms with Crippen LogP contribution in [0.2, 0.25) is 0 Å². The standard InChI is InChI=1S/C8H18N2O4S/c1-2-13-10-5-3-9(4-6-10)7-8-14-15(11)12/h2-8H2,1H3,(H,11,12)/p-1. The Kier molecular flexibility index (Phi) is 6.30. The fraction of sp³-hybridized carbons (Fsp3) is 1.00. The zero-order valence-electron chi connectivity index (χ0n) is 8.89. The summed E-state index contributed by atoms with van der Waals surface area (Å²) in [5, 5.41) is 1.93. The molecule has 1 fully saturated rings. The molecule has 0 N–H and O–H groups in total. The number of piperazine rings is 1. The second-order valence-electron chi connectivity index (χ2n) is 3.21. The second kappa shape index (κ2) is 7.26. The summed E-state index contributed by atoms with van der Waals surface area (Å²) in [5.41, 5.74) is 0. The molecule has 7 heteroatoms. The highest BCUT2D eigenvalue weighted by atomic mass is 32.2. The van der Waals surface area contributed by atoms with Crippen LogP contribution in [0.5, 0.6) is 0 Å². The van der Waals surface area contributed by atoms with Gasteiger partial charge in [0.15, 0.2) is 0 Å². The van der Waals surface area contributed by atoms with Gasteiger partial charge in [0.1, 0.15) is 0 Å². The Morgan fingerprint density at radius 2 is 2.00 bits per heavy atom. The highest BCUT2D eigenvalue weighted by Gasteiger charge is 2.16. The Morgan fingerprint density at radius 1 is 1.33 bits per heavy atom. The maximum absolute atomic E-state index is 10.1. The summed E-state index contributed by atoms with van der Waals surface area (Å²) in [5.74, 6) is 0. The van der Waals surface area contributed by atoms with E-state index in [-0.39, 0.29) is 6.61 Å². The predicted molar refractivity (Wildman–Crippen MR) is 54.5 cm³/mol. The van der Waals surface area contributed by atoms with Gasteiger partial charge in [-0.1, -0.05) is 0 Å². The molecule has 1 heterocycles. The van der Waals surface area contributed by atoms with E-state index in [1.165, 1.54) is 0 Å². The fourth-order valence-electron chi connectivity index (χ4n) is 1.50. The molecule has 0 bridgehead atoms. The van der Waals surface area contributed by atoms with Crippen molar-refractivity contribution < 1.29 is 17.8 Å². The minimum atomic E-state index is -2.39. The molecule has 1 aliphatic rings. The van der Waals surface area contributed by atoms with E-state index in [9.17, 15) is 8.76 Å². The number of hydrogen-bond acceptors (Lipinski definition) is 6. The fourth-order valence-corrected chi connectivity index (χ4v) is 1.71. The van der Waals surface area contributed by atoms with Crippen LogP contribution in [0.1, 0.15) is 6.92 Å². The van der Waals surface area contributed by atoms with E-state index in [0.717, 1.165) is 26.2 Å². The minimum absolute atomic E-state index is 0.227. The quantitative estimate of drug-likeness (QED) is 0.573. The van der Waals surface area contributed by atoms with Gasteiger partial charge >= 0.3 is 0 Å². The average Bonchev–Trinajstić information content (AvgIpc) is 2.20. The van der Waals surface area contributed by atoms with Crippen molar-refractivity contribution in [1.29, 1.82) is 0 Å². The van der Waals surface area contributed by atoms with Crippen molar-refractivity contribution in [3.63, 3.8) is 0 Å². The molecule has 0 aromatic carbocycles. The van der Waals surface area contributed by atoms with Crippen molar-refractivity contribution in [2.24, 2.45) is 0 Å². The number of hydroxylamine groups is 2. The van der Waals surface area contributed by atoms with Gasteiger partial charge in [0.05, 0.1) is 24.6 Å². The van der Waals surface area contributed by atoms with Crippen molar-refractivity contribution in [2.75, 3.05) is 45.9 Å². The van der Waals surface area contributed by atoms with Crippen molar-refractivity contribution >= 4 is 11.4 Å².